The van der Waals surface area contributed by atoms with Gasteiger partial charge in [0.1, 0.15) is 11.5 Å². The van der Waals surface area contributed by atoms with Crippen LogP contribution in [0.25, 0.3) is 0 Å². The van der Waals surface area contributed by atoms with E-state index >= 15 is 0 Å². The fourth-order valence-corrected chi connectivity index (χ4v) is 3.66. The molecule has 0 aliphatic heterocycles. The number of hydrogen-bond acceptors (Lipinski definition) is 3. The number of carbonyl (C=O) groups excluding carboxylic acids is 1. The van der Waals surface area contributed by atoms with Crippen molar-refractivity contribution in [3.05, 3.63) is 68.6 Å². The van der Waals surface area contributed by atoms with Crippen LogP contribution in [0.1, 0.15) is 43.7 Å². The summed E-state index contributed by atoms with van der Waals surface area (Å²) in [5.74, 6) is 1.68. The van der Waals surface area contributed by atoms with Gasteiger partial charge in [0.05, 0.1) is 12.1 Å². The van der Waals surface area contributed by atoms with Gasteiger partial charge in [-0.05, 0) is 51.3 Å². The summed E-state index contributed by atoms with van der Waals surface area (Å²) in [7, 11) is 0. The molecule has 3 aromatic rings. The quantitative estimate of drug-likeness (QED) is 0.749. The Kier molecular flexibility index (Phi) is 4.62. The Morgan fingerprint density at radius 2 is 2.04 bits per heavy atom. The van der Waals surface area contributed by atoms with Gasteiger partial charge in [-0.3, -0.25) is 4.79 Å². The summed E-state index contributed by atoms with van der Waals surface area (Å²) in [4.78, 5) is 13.9. The minimum Gasteiger partial charge on any atom is -0.466 e. The van der Waals surface area contributed by atoms with Gasteiger partial charge in [0, 0.05) is 28.4 Å². The van der Waals surface area contributed by atoms with Crippen molar-refractivity contribution in [1.82, 2.24) is 9.88 Å². The number of hydrogen-bond donors (Lipinski definition) is 1. The highest BCUT2D eigenvalue weighted by atomic mass is 32.1. The minimum absolute atomic E-state index is 0.0428. The molecule has 0 saturated heterocycles. The van der Waals surface area contributed by atoms with Gasteiger partial charge >= 0.3 is 0 Å². The smallest absolute Gasteiger partial charge is 0.253 e. The molecule has 0 unspecified atom stereocenters. The van der Waals surface area contributed by atoms with Crippen LogP contribution in [0.4, 0.5) is 0 Å². The van der Waals surface area contributed by atoms with Crippen molar-refractivity contribution >= 4 is 17.2 Å². The molecule has 3 rings (SSSR count). The maximum absolute atomic E-state index is 12.6. The first-order valence-electron chi connectivity index (χ1n) is 7.99. The van der Waals surface area contributed by atoms with Crippen LogP contribution >= 0.6 is 11.3 Å². The highest BCUT2D eigenvalue weighted by Gasteiger charge is 2.16. The topological polar surface area (TPSA) is 47.2 Å². The van der Waals surface area contributed by atoms with Crippen LogP contribution in [0.3, 0.4) is 0 Å². The summed E-state index contributed by atoms with van der Waals surface area (Å²) >= 11 is 1.73. The second kappa shape index (κ2) is 6.69. The Balaban J connectivity index is 1.74. The van der Waals surface area contributed by atoms with E-state index in [1.807, 2.05) is 39.8 Å². The van der Waals surface area contributed by atoms with E-state index in [-0.39, 0.29) is 5.91 Å². The SMILES string of the molecule is Cc1cc(CNC(=O)c2cc(C)n(Cc3cccs3)c2C)c(C)o1. The molecule has 0 bridgehead atoms. The normalized spacial score (nSPS) is 11.0. The van der Waals surface area contributed by atoms with Gasteiger partial charge < -0.3 is 14.3 Å². The third kappa shape index (κ3) is 3.31. The lowest BCUT2D eigenvalue weighted by atomic mass is 10.2. The fraction of sp³-hybridized carbons (Fsp3) is 0.316. The zero-order valence-corrected chi connectivity index (χ0v) is 15.3. The molecule has 3 aromatic heterocycles. The third-order valence-electron chi connectivity index (χ3n) is 4.30. The number of carbonyl (C=O) groups is 1. The Hall–Kier alpha value is -2.27. The van der Waals surface area contributed by atoms with Crippen LogP contribution in [0.15, 0.2) is 34.1 Å². The first kappa shape index (κ1) is 16.6. The van der Waals surface area contributed by atoms with E-state index < -0.39 is 0 Å². The highest BCUT2D eigenvalue weighted by molar-refractivity contribution is 7.09. The number of thiophene rings is 1. The lowest BCUT2D eigenvalue weighted by Crippen LogP contribution is -2.23. The summed E-state index contributed by atoms with van der Waals surface area (Å²) in [5, 5.41) is 5.08. The maximum Gasteiger partial charge on any atom is 0.253 e. The monoisotopic (exact) mass is 342 g/mol. The van der Waals surface area contributed by atoms with Crippen LogP contribution < -0.4 is 5.32 Å². The van der Waals surface area contributed by atoms with E-state index in [0.29, 0.717) is 6.54 Å². The van der Waals surface area contributed by atoms with Crippen LogP contribution in [0.5, 0.6) is 0 Å². The number of aromatic nitrogens is 1. The molecule has 4 nitrogen and oxygen atoms in total. The molecule has 3 heterocycles. The van der Waals surface area contributed by atoms with E-state index in [1.54, 1.807) is 11.3 Å². The molecular weight excluding hydrogens is 320 g/mol. The van der Waals surface area contributed by atoms with Gasteiger partial charge in [-0.25, -0.2) is 0 Å². The van der Waals surface area contributed by atoms with Crippen molar-refractivity contribution in [2.75, 3.05) is 0 Å². The number of nitrogens with one attached hydrogen (secondary N) is 1. The minimum atomic E-state index is -0.0428. The summed E-state index contributed by atoms with van der Waals surface area (Å²) < 4.78 is 7.69. The molecule has 1 amide bonds. The summed E-state index contributed by atoms with van der Waals surface area (Å²) in [6.45, 7) is 9.17. The average Bonchev–Trinajstić information content (AvgIpc) is 3.22. The van der Waals surface area contributed by atoms with Gasteiger partial charge in [0.15, 0.2) is 0 Å². The predicted molar refractivity (Wildman–Crippen MR) is 96.7 cm³/mol. The largest absolute Gasteiger partial charge is 0.466 e. The van der Waals surface area contributed by atoms with Crippen molar-refractivity contribution in [1.29, 1.82) is 0 Å². The fourth-order valence-electron chi connectivity index (χ4n) is 2.96. The first-order chi connectivity index (χ1) is 11.5. The van der Waals surface area contributed by atoms with Crippen molar-refractivity contribution in [3.63, 3.8) is 0 Å². The van der Waals surface area contributed by atoms with Gasteiger partial charge in [-0.15, -0.1) is 11.3 Å². The van der Waals surface area contributed by atoms with E-state index in [9.17, 15) is 4.79 Å². The average molecular weight is 342 g/mol. The van der Waals surface area contributed by atoms with Gasteiger partial charge in [-0.2, -0.15) is 0 Å². The Morgan fingerprint density at radius 3 is 2.67 bits per heavy atom. The molecule has 0 spiro atoms. The standard InChI is InChI=1S/C19H22N2O2S/c1-12-8-18(14(3)21(12)11-17-6-5-7-24-17)19(22)20-10-16-9-13(2)23-15(16)4/h5-9H,10-11H2,1-4H3,(H,20,22). The van der Waals surface area contributed by atoms with Gasteiger partial charge in [0.25, 0.3) is 5.91 Å². The lowest BCUT2D eigenvalue weighted by Gasteiger charge is -2.09. The molecule has 1 N–H and O–H groups in total. The second-order valence-electron chi connectivity index (χ2n) is 6.07. The molecule has 0 radical (unpaired) electrons. The Bertz CT molecular complexity index is 856. The number of nitrogens with zero attached hydrogens (tertiary/aromatic N) is 1. The number of furan rings is 1. The molecule has 0 fully saturated rings. The number of aryl methyl sites for hydroxylation is 3. The van der Waals surface area contributed by atoms with Crippen LogP contribution in [-0.4, -0.2) is 10.5 Å². The van der Waals surface area contributed by atoms with Crippen LogP contribution in [-0.2, 0) is 13.1 Å². The zero-order valence-electron chi connectivity index (χ0n) is 14.5. The number of amides is 1. The predicted octanol–water partition coefficient (Wildman–Crippen LogP) is 4.35. The molecule has 0 aliphatic rings. The highest BCUT2D eigenvalue weighted by Crippen LogP contribution is 2.20. The number of rotatable bonds is 5. The molecule has 0 atom stereocenters. The molecule has 0 aromatic carbocycles. The molecular formula is C19H22N2O2S. The van der Waals surface area contributed by atoms with Crippen LogP contribution in [0.2, 0.25) is 0 Å². The molecule has 24 heavy (non-hydrogen) atoms. The first-order valence-corrected chi connectivity index (χ1v) is 8.87. The third-order valence-corrected chi connectivity index (χ3v) is 5.16. The van der Waals surface area contributed by atoms with Crippen LogP contribution in [0, 0.1) is 27.7 Å². The van der Waals surface area contributed by atoms with Crippen molar-refractivity contribution in [3.8, 4) is 0 Å². The van der Waals surface area contributed by atoms with E-state index in [1.165, 1.54) is 4.88 Å². The molecule has 0 aliphatic carbocycles. The lowest BCUT2D eigenvalue weighted by molar-refractivity contribution is 0.0950. The Labute approximate surface area is 146 Å². The zero-order chi connectivity index (χ0) is 17.3. The van der Waals surface area contributed by atoms with E-state index in [4.69, 9.17) is 4.42 Å². The van der Waals surface area contributed by atoms with E-state index in [0.717, 1.165) is 40.6 Å². The molecule has 5 heteroatoms. The molecule has 126 valence electrons. The second-order valence-corrected chi connectivity index (χ2v) is 7.10. The van der Waals surface area contributed by atoms with Crippen molar-refractivity contribution in [2.45, 2.75) is 40.8 Å². The summed E-state index contributed by atoms with van der Waals surface area (Å²) in [6.07, 6.45) is 0. The van der Waals surface area contributed by atoms with E-state index in [2.05, 4.69) is 27.4 Å². The summed E-state index contributed by atoms with van der Waals surface area (Å²) in [6, 6.07) is 8.10. The van der Waals surface area contributed by atoms with Gasteiger partial charge in [-0.1, -0.05) is 6.07 Å². The molecule has 0 saturated carbocycles. The maximum atomic E-state index is 12.6. The van der Waals surface area contributed by atoms with Crippen molar-refractivity contribution < 1.29 is 9.21 Å². The summed E-state index contributed by atoms with van der Waals surface area (Å²) in [5.41, 5.74) is 3.86. The Morgan fingerprint density at radius 1 is 1.25 bits per heavy atom. The van der Waals surface area contributed by atoms with Gasteiger partial charge in [0.2, 0.25) is 0 Å². The van der Waals surface area contributed by atoms with Crippen molar-refractivity contribution in [2.24, 2.45) is 0 Å².